The molecule has 0 bridgehead atoms. The average Bonchev–Trinajstić information content (AvgIpc) is 3.42. The van der Waals surface area contributed by atoms with Gasteiger partial charge in [-0.3, -0.25) is 9.59 Å². The second kappa shape index (κ2) is 10.5. The van der Waals surface area contributed by atoms with Crippen molar-refractivity contribution >= 4 is 23.3 Å². The third-order valence-electron chi connectivity index (χ3n) is 7.71. The Hall–Kier alpha value is -3.74. The molecule has 2 aromatic carbocycles. The molecule has 2 aliphatic heterocycles. The minimum atomic E-state index is -0.0643. The van der Waals surface area contributed by atoms with Crippen molar-refractivity contribution in [2.75, 3.05) is 36.4 Å². The fraction of sp³-hybridized carbons (Fsp3) is 0.379. The Bertz CT molecular complexity index is 1220. The molecule has 0 aliphatic carbocycles. The quantitative estimate of drug-likeness (QED) is 0.575. The molecule has 2 fully saturated rings. The van der Waals surface area contributed by atoms with Crippen molar-refractivity contribution in [2.24, 2.45) is 5.92 Å². The van der Waals surface area contributed by atoms with Gasteiger partial charge >= 0.3 is 0 Å². The monoisotopic (exact) mass is 483 g/mol. The highest BCUT2D eigenvalue weighted by molar-refractivity contribution is 5.96. The number of carbonyl (C=O) groups is 2. The van der Waals surface area contributed by atoms with Gasteiger partial charge in [0.1, 0.15) is 0 Å². The van der Waals surface area contributed by atoms with E-state index >= 15 is 0 Å². The van der Waals surface area contributed by atoms with Gasteiger partial charge in [-0.05, 0) is 86.1 Å². The molecule has 1 unspecified atom stereocenters. The fourth-order valence-electron chi connectivity index (χ4n) is 5.30. The summed E-state index contributed by atoms with van der Waals surface area (Å²) in [5.74, 6) is 1.36. The van der Waals surface area contributed by atoms with Crippen molar-refractivity contribution in [3.8, 4) is 0 Å². The van der Waals surface area contributed by atoms with E-state index in [-0.39, 0.29) is 17.7 Å². The lowest BCUT2D eigenvalue weighted by Crippen LogP contribution is -2.38. The number of rotatable bonds is 5. The zero-order valence-corrected chi connectivity index (χ0v) is 21.0. The topological polar surface area (TPSA) is 78.4 Å². The molecule has 5 rings (SSSR count). The van der Waals surface area contributed by atoms with E-state index in [9.17, 15) is 9.59 Å². The summed E-state index contributed by atoms with van der Waals surface area (Å²) in [5.41, 5.74) is 5.13. The Morgan fingerprint density at radius 1 is 0.917 bits per heavy atom. The van der Waals surface area contributed by atoms with Crippen LogP contribution in [0.25, 0.3) is 0 Å². The van der Waals surface area contributed by atoms with Crippen LogP contribution >= 0.6 is 0 Å². The van der Waals surface area contributed by atoms with Gasteiger partial charge in [0.05, 0.1) is 5.92 Å². The van der Waals surface area contributed by atoms with Crippen LogP contribution < -0.4 is 10.2 Å². The highest BCUT2D eigenvalue weighted by Crippen LogP contribution is 2.30. The molecule has 36 heavy (non-hydrogen) atoms. The van der Waals surface area contributed by atoms with Gasteiger partial charge in [-0.15, -0.1) is 5.10 Å². The lowest BCUT2D eigenvalue weighted by Gasteiger charge is -2.32. The molecular weight excluding hydrogens is 450 g/mol. The molecule has 1 aromatic heterocycles. The fourth-order valence-corrected chi connectivity index (χ4v) is 5.30. The lowest BCUT2D eigenvalue weighted by atomic mass is 9.89. The maximum Gasteiger partial charge on any atom is 0.254 e. The molecule has 2 aliphatic rings. The number of benzene rings is 2. The average molecular weight is 484 g/mol. The number of piperidine rings is 1. The van der Waals surface area contributed by atoms with Crippen molar-refractivity contribution in [3.63, 3.8) is 0 Å². The van der Waals surface area contributed by atoms with Crippen LogP contribution in [0.15, 0.2) is 60.8 Å². The molecule has 186 valence electrons. The van der Waals surface area contributed by atoms with Gasteiger partial charge in [0.15, 0.2) is 5.82 Å². The molecule has 0 radical (unpaired) electrons. The Morgan fingerprint density at radius 2 is 1.69 bits per heavy atom. The van der Waals surface area contributed by atoms with Gasteiger partial charge in [0.25, 0.3) is 5.91 Å². The lowest BCUT2D eigenvalue weighted by molar-refractivity contribution is -0.119. The van der Waals surface area contributed by atoms with Crippen LogP contribution in [0.1, 0.15) is 52.2 Å². The molecule has 1 atom stereocenters. The van der Waals surface area contributed by atoms with Crippen LogP contribution in [0.4, 0.5) is 11.5 Å². The first kappa shape index (κ1) is 24.0. The summed E-state index contributed by atoms with van der Waals surface area (Å²) in [6, 6.07) is 18.0. The Morgan fingerprint density at radius 3 is 2.42 bits per heavy atom. The minimum absolute atomic E-state index is 0.0485. The van der Waals surface area contributed by atoms with Crippen LogP contribution in [0.3, 0.4) is 0 Å². The Balaban J connectivity index is 1.13. The smallest absolute Gasteiger partial charge is 0.254 e. The summed E-state index contributed by atoms with van der Waals surface area (Å²) in [7, 11) is 0. The summed E-state index contributed by atoms with van der Waals surface area (Å²) in [6.45, 7) is 7.06. The SMILES string of the molecule is Cc1cccc(C(=O)N2CCC(c3ccc(NC(=O)C4CCN(c5cccnn5)C4)cc3)CC2)c1C. The van der Waals surface area contributed by atoms with E-state index in [4.69, 9.17) is 0 Å². The zero-order valence-electron chi connectivity index (χ0n) is 21.0. The van der Waals surface area contributed by atoms with Gasteiger partial charge in [-0.25, -0.2) is 0 Å². The molecule has 0 saturated carbocycles. The number of amides is 2. The van der Waals surface area contributed by atoms with Crippen LogP contribution in [0, 0.1) is 19.8 Å². The first-order valence-corrected chi connectivity index (χ1v) is 12.8. The van der Waals surface area contributed by atoms with Crippen molar-refractivity contribution < 1.29 is 9.59 Å². The highest BCUT2D eigenvalue weighted by atomic mass is 16.2. The van der Waals surface area contributed by atoms with Crippen LogP contribution in [0.5, 0.6) is 0 Å². The largest absolute Gasteiger partial charge is 0.354 e. The van der Waals surface area contributed by atoms with Gasteiger partial charge in [-0.2, -0.15) is 5.10 Å². The van der Waals surface area contributed by atoms with E-state index < -0.39 is 0 Å². The summed E-state index contributed by atoms with van der Waals surface area (Å²) in [6.07, 6.45) is 4.35. The third-order valence-corrected chi connectivity index (χ3v) is 7.71. The summed E-state index contributed by atoms with van der Waals surface area (Å²) in [4.78, 5) is 30.0. The number of hydrogen-bond donors (Lipinski definition) is 1. The minimum Gasteiger partial charge on any atom is -0.354 e. The van der Waals surface area contributed by atoms with Gasteiger partial charge in [0.2, 0.25) is 5.91 Å². The standard InChI is InChI=1S/C29H33N5O2/c1-20-5-3-6-26(21(20)2)29(36)33-16-12-23(13-17-33)22-8-10-25(11-9-22)31-28(35)24-14-18-34(19-24)27-7-4-15-30-32-27/h3-11,15,23-24H,12-14,16-19H2,1-2H3,(H,31,35). The number of hydrogen-bond acceptors (Lipinski definition) is 5. The first-order valence-electron chi connectivity index (χ1n) is 12.8. The molecule has 0 spiro atoms. The maximum absolute atomic E-state index is 13.0. The van der Waals surface area contributed by atoms with Gasteiger partial charge in [0, 0.05) is 43.6 Å². The van der Waals surface area contributed by atoms with Crippen LogP contribution in [-0.4, -0.2) is 53.1 Å². The summed E-state index contributed by atoms with van der Waals surface area (Å²) >= 11 is 0. The number of likely N-dealkylation sites (tertiary alicyclic amines) is 1. The first-order chi connectivity index (χ1) is 17.5. The molecule has 1 N–H and O–H groups in total. The number of aromatic nitrogens is 2. The molecule has 2 saturated heterocycles. The molecule has 2 amide bonds. The molecule has 7 nitrogen and oxygen atoms in total. The number of anilines is 2. The maximum atomic E-state index is 13.0. The number of aryl methyl sites for hydroxylation is 1. The highest BCUT2D eigenvalue weighted by Gasteiger charge is 2.29. The second-order valence-corrected chi connectivity index (χ2v) is 9.94. The van der Waals surface area contributed by atoms with E-state index in [1.54, 1.807) is 6.20 Å². The van der Waals surface area contributed by atoms with E-state index in [0.717, 1.165) is 67.1 Å². The Kier molecular flexibility index (Phi) is 6.98. The molecule has 3 aromatic rings. The normalized spacial score (nSPS) is 18.3. The van der Waals surface area contributed by atoms with Crippen LogP contribution in [-0.2, 0) is 4.79 Å². The predicted molar refractivity (Wildman–Crippen MR) is 141 cm³/mol. The molecule has 3 heterocycles. The van der Waals surface area contributed by atoms with E-state index in [1.165, 1.54) is 5.56 Å². The van der Waals surface area contributed by atoms with Gasteiger partial charge < -0.3 is 15.1 Å². The van der Waals surface area contributed by atoms with Crippen molar-refractivity contribution in [1.29, 1.82) is 0 Å². The van der Waals surface area contributed by atoms with E-state index in [2.05, 4.69) is 32.5 Å². The predicted octanol–water partition coefficient (Wildman–Crippen LogP) is 4.58. The Labute approximate surface area is 212 Å². The zero-order chi connectivity index (χ0) is 25.1. The second-order valence-electron chi connectivity index (χ2n) is 9.94. The third kappa shape index (κ3) is 5.10. The molecular formula is C29H33N5O2. The molecule has 7 heteroatoms. The number of nitrogens with zero attached hydrogens (tertiary/aromatic N) is 4. The summed E-state index contributed by atoms with van der Waals surface area (Å²) < 4.78 is 0. The van der Waals surface area contributed by atoms with E-state index in [0.29, 0.717) is 12.5 Å². The number of nitrogens with one attached hydrogen (secondary N) is 1. The van der Waals surface area contributed by atoms with E-state index in [1.807, 2.05) is 61.2 Å². The van der Waals surface area contributed by atoms with Crippen LogP contribution in [0.2, 0.25) is 0 Å². The van der Waals surface area contributed by atoms with Crippen molar-refractivity contribution in [1.82, 2.24) is 15.1 Å². The van der Waals surface area contributed by atoms with Crippen molar-refractivity contribution in [2.45, 2.75) is 39.0 Å². The number of carbonyl (C=O) groups excluding carboxylic acids is 2. The van der Waals surface area contributed by atoms with Crippen molar-refractivity contribution in [3.05, 3.63) is 83.0 Å². The van der Waals surface area contributed by atoms with Gasteiger partial charge in [-0.1, -0.05) is 24.3 Å². The summed E-state index contributed by atoms with van der Waals surface area (Å²) in [5, 5.41) is 11.2.